The lowest BCUT2D eigenvalue weighted by atomic mass is 10.2. The number of amides is 1. The van der Waals surface area contributed by atoms with Crippen LogP contribution in [0.4, 0.5) is 10.1 Å². The largest absolute Gasteiger partial charge is 0.497 e. The molecule has 7 heteroatoms. The fourth-order valence-electron chi connectivity index (χ4n) is 2.16. The Hall–Kier alpha value is -2.86. The number of nitrogens with one attached hydrogen (secondary N) is 1. The average molecular weight is 348 g/mol. The first-order valence-corrected chi connectivity index (χ1v) is 7.24. The fraction of sp³-hybridized carbons (Fsp3) is 0.0588. The van der Waals surface area contributed by atoms with Crippen molar-refractivity contribution in [3.8, 4) is 5.75 Å². The van der Waals surface area contributed by atoms with Crippen molar-refractivity contribution >= 4 is 34.2 Å². The molecule has 1 amide bonds. The molecular weight excluding hydrogens is 337 g/mol. The van der Waals surface area contributed by atoms with Gasteiger partial charge in [0.15, 0.2) is 16.8 Å². The second kappa shape index (κ2) is 6.33. The molecule has 0 radical (unpaired) electrons. The molecule has 3 aromatic rings. The van der Waals surface area contributed by atoms with E-state index in [4.69, 9.17) is 20.8 Å². The van der Waals surface area contributed by atoms with Gasteiger partial charge in [-0.15, -0.1) is 0 Å². The van der Waals surface area contributed by atoms with E-state index in [1.54, 1.807) is 6.07 Å². The summed E-state index contributed by atoms with van der Waals surface area (Å²) in [4.78, 5) is 24.3. The van der Waals surface area contributed by atoms with Crippen molar-refractivity contribution in [2.24, 2.45) is 0 Å². The number of hydrogen-bond donors (Lipinski definition) is 1. The first-order valence-electron chi connectivity index (χ1n) is 6.87. The van der Waals surface area contributed by atoms with Crippen LogP contribution in [0.3, 0.4) is 0 Å². The number of ether oxygens (including phenoxy) is 1. The second-order valence-electron chi connectivity index (χ2n) is 4.89. The molecule has 3 rings (SSSR count). The van der Waals surface area contributed by atoms with Gasteiger partial charge in [0.25, 0.3) is 5.91 Å². The van der Waals surface area contributed by atoms with E-state index in [2.05, 4.69) is 5.32 Å². The summed E-state index contributed by atoms with van der Waals surface area (Å²) in [6, 6.07) is 9.69. The van der Waals surface area contributed by atoms with Crippen molar-refractivity contribution in [3.63, 3.8) is 0 Å². The van der Waals surface area contributed by atoms with Crippen molar-refractivity contribution in [3.05, 3.63) is 69.3 Å². The quantitative estimate of drug-likeness (QED) is 0.781. The Morgan fingerprint density at radius 2 is 2.04 bits per heavy atom. The Kier molecular flexibility index (Phi) is 4.22. The predicted octanol–water partition coefficient (Wildman–Crippen LogP) is 3.85. The monoisotopic (exact) mass is 347 g/mol. The van der Waals surface area contributed by atoms with Crippen LogP contribution in [0.2, 0.25) is 5.02 Å². The molecule has 24 heavy (non-hydrogen) atoms. The highest BCUT2D eigenvalue weighted by Gasteiger charge is 2.16. The minimum atomic E-state index is -0.766. The van der Waals surface area contributed by atoms with E-state index in [9.17, 15) is 14.0 Å². The normalized spacial score (nSPS) is 10.6. The number of para-hydroxylation sites is 1. The fourth-order valence-corrected chi connectivity index (χ4v) is 2.38. The van der Waals surface area contributed by atoms with Gasteiger partial charge in [0.1, 0.15) is 11.6 Å². The van der Waals surface area contributed by atoms with Crippen LogP contribution >= 0.6 is 11.6 Å². The topological polar surface area (TPSA) is 68.5 Å². The second-order valence-corrected chi connectivity index (χ2v) is 5.30. The molecule has 1 aromatic heterocycles. The third kappa shape index (κ3) is 2.96. The van der Waals surface area contributed by atoms with Crippen molar-refractivity contribution in [2.75, 3.05) is 12.4 Å². The molecule has 0 saturated heterocycles. The summed E-state index contributed by atoms with van der Waals surface area (Å²) in [6.45, 7) is 0. The molecule has 0 aliphatic heterocycles. The van der Waals surface area contributed by atoms with Crippen LogP contribution in [0.15, 0.2) is 51.7 Å². The molecule has 0 bridgehead atoms. The maximum absolute atomic E-state index is 13.9. The highest BCUT2D eigenvalue weighted by atomic mass is 35.5. The van der Waals surface area contributed by atoms with E-state index in [1.165, 1.54) is 31.4 Å². The number of rotatable bonds is 3. The standard InChI is InChI=1S/C17H11ClFNO4/c1-23-9-5-6-13(12(19)7-9)20-17(22)15-8-14(21)10-3-2-4-11(18)16(10)24-15/h2-8H,1H3,(H,20,22). The van der Waals surface area contributed by atoms with E-state index >= 15 is 0 Å². The summed E-state index contributed by atoms with van der Waals surface area (Å²) < 4.78 is 24.2. The Morgan fingerprint density at radius 3 is 2.75 bits per heavy atom. The van der Waals surface area contributed by atoms with Crippen LogP contribution < -0.4 is 15.5 Å². The Labute approximate surface area is 140 Å². The number of carbonyl (C=O) groups is 1. The highest BCUT2D eigenvalue weighted by molar-refractivity contribution is 6.34. The van der Waals surface area contributed by atoms with Crippen LogP contribution in [0, 0.1) is 5.82 Å². The van der Waals surface area contributed by atoms with Crippen LogP contribution in [0.25, 0.3) is 11.0 Å². The molecule has 1 N–H and O–H groups in total. The predicted molar refractivity (Wildman–Crippen MR) is 88.4 cm³/mol. The number of anilines is 1. The molecule has 0 aliphatic carbocycles. The summed E-state index contributed by atoms with van der Waals surface area (Å²) in [5.74, 6) is -1.40. The van der Waals surface area contributed by atoms with Gasteiger partial charge < -0.3 is 14.5 Å². The first-order chi connectivity index (χ1) is 11.5. The zero-order valence-electron chi connectivity index (χ0n) is 12.4. The van der Waals surface area contributed by atoms with Gasteiger partial charge in [-0.1, -0.05) is 17.7 Å². The van der Waals surface area contributed by atoms with Crippen LogP contribution in [-0.2, 0) is 0 Å². The van der Waals surface area contributed by atoms with E-state index in [1.807, 2.05) is 0 Å². The Bertz CT molecular complexity index is 1000. The van der Waals surface area contributed by atoms with Crippen molar-refractivity contribution < 1.29 is 18.3 Å². The third-order valence-electron chi connectivity index (χ3n) is 3.35. The van der Waals surface area contributed by atoms with Crippen molar-refractivity contribution in [2.45, 2.75) is 0 Å². The number of halogens is 2. The molecule has 1 heterocycles. The zero-order chi connectivity index (χ0) is 17.3. The van der Waals surface area contributed by atoms with Gasteiger partial charge in [-0.3, -0.25) is 9.59 Å². The summed E-state index contributed by atoms with van der Waals surface area (Å²) in [5, 5.41) is 2.81. The number of carbonyl (C=O) groups excluding carboxylic acids is 1. The van der Waals surface area contributed by atoms with Crippen LogP contribution in [0.5, 0.6) is 5.75 Å². The molecular formula is C17H11ClFNO4. The minimum absolute atomic E-state index is 0.0669. The van der Waals surface area contributed by atoms with Crippen LogP contribution in [0.1, 0.15) is 10.6 Å². The SMILES string of the molecule is COc1ccc(NC(=O)c2cc(=O)c3cccc(Cl)c3o2)c(F)c1. The van der Waals surface area contributed by atoms with Gasteiger partial charge in [-0.05, 0) is 24.3 Å². The summed E-state index contributed by atoms with van der Waals surface area (Å²) in [7, 11) is 1.40. The highest BCUT2D eigenvalue weighted by Crippen LogP contribution is 2.24. The van der Waals surface area contributed by atoms with Gasteiger partial charge in [0.2, 0.25) is 0 Å². The van der Waals surface area contributed by atoms with E-state index < -0.39 is 17.2 Å². The van der Waals surface area contributed by atoms with Gasteiger partial charge in [-0.25, -0.2) is 4.39 Å². The summed E-state index contributed by atoms with van der Waals surface area (Å²) in [6.07, 6.45) is 0. The van der Waals surface area contributed by atoms with Crippen molar-refractivity contribution in [1.82, 2.24) is 0 Å². The lowest BCUT2D eigenvalue weighted by Crippen LogP contribution is -2.15. The lowest BCUT2D eigenvalue weighted by Gasteiger charge is -2.08. The smallest absolute Gasteiger partial charge is 0.291 e. The Balaban J connectivity index is 1.97. The number of methoxy groups -OCH3 is 1. The molecule has 122 valence electrons. The summed E-state index contributed by atoms with van der Waals surface area (Å²) in [5.41, 5.74) is -0.381. The van der Waals surface area contributed by atoms with Gasteiger partial charge >= 0.3 is 0 Å². The molecule has 2 aromatic carbocycles. The minimum Gasteiger partial charge on any atom is -0.497 e. The molecule has 0 unspecified atom stereocenters. The molecule has 5 nitrogen and oxygen atoms in total. The molecule has 0 fully saturated rings. The molecule has 0 saturated carbocycles. The number of fused-ring (bicyclic) bond motifs is 1. The summed E-state index contributed by atoms with van der Waals surface area (Å²) >= 11 is 5.99. The maximum atomic E-state index is 13.9. The first kappa shape index (κ1) is 16.0. The third-order valence-corrected chi connectivity index (χ3v) is 3.65. The number of benzene rings is 2. The molecule has 0 atom stereocenters. The van der Waals surface area contributed by atoms with Gasteiger partial charge in [0, 0.05) is 12.1 Å². The average Bonchev–Trinajstić information content (AvgIpc) is 2.57. The van der Waals surface area contributed by atoms with Gasteiger partial charge in [0.05, 0.1) is 23.2 Å². The molecule has 0 spiro atoms. The van der Waals surface area contributed by atoms with Crippen molar-refractivity contribution in [1.29, 1.82) is 0 Å². The zero-order valence-corrected chi connectivity index (χ0v) is 13.2. The van der Waals surface area contributed by atoms with Gasteiger partial charge in [-0.2, -0.15) is 0 Å². The lowest BCUT2D eigenvalue weighted by molar-refractivity contribution is 0.0996. The van der Waals surface area contributed by atoms with E-state index in [0.29, 0.717) is 5.75 Å². The van der Waals surface area contributed by atoms with Crippen LogP contribution in [-0.4, -0.2) is 13.0 Å². The van der Waals surface area contributed by atoms with E-state index in [0.717, 1.165) is 12.1 Å². The Morgan fingerprint density at radius 1 is 1.25 bits per heavy atom. The number of hydrogen-bond acceptors (Lipinski definition) is 4. The molecule has 0 aliphatic rings. The maximum Gasteiger partial charge on any atom is 0.291 e. The van der Waals surface area contributed by atoms with E-state index in [-0.39, 0.29) is 27.4 Å².